The summed E-state index contributed by atoms with van der Waals surface area (Å²) in [6, 6.07) is 0. The Morgan fingerprint density at radius 2 is 2.16 bits per heavy atom. The zero-order valence-corrected chi connectivity index (χ0v) is 12.4. The SMILES string of the molecule is CCOc1ncnc(NCC2CCCCC2Cl)c1C. The van der Waals surface area contributed by atoms with Crippen LogP contribution in [0, 0.1) is 12.8 Å². The molecule has 4 nitrogen and oxygen atoms in total. The van der Waals surface area contributed by atoms with E-state index >= 15 is 0 Å². The van der Waals surface area contributed by atoms with Crippen LogP contribution >= 0.6 is 11.6 Å². The summed E-state index contributed by atoms with van der Waals surface area (Å²) >= 11 is 6.37. The van der Waals surface area contributed by atoms with Crippen molar-refractivity contribution in [2.45, 2.75) is 44.9 Å². The van der Waals surface area contributed by atoms with Gasteiger partial charge < -0.3 is 10.1 Å². The number of rotatable bonds is 5. The topological polar surface area (TPSA) is 47.0 Å². The molecule has 1 heterocycles. The second-order valence-corrected chi connectivity index (χ2v) is 5.59. The van der Waals surface area contributed by atoms with Crippen molar-refractivity contribution in [3.63, 3.8) is 0 Å². The molecule has 106 valence electrons. The number of aromatic nitrogens is 2. The molecule has 1 N–H and O–H groups in total. The Labute approximate surface area is 119 Å². The minimum absolute atomic E-state index is 0.287. The average Bonchev–Trinajstić information content (AvgIpc) is 2.42. The van der Waals surface area contributed by atoms with Crippen molar-refractivity contribution in [3.8, 4) is 5.88 Å². The lowest BCUT2D eigenvalue weighted by Crippen LogP contribution is -2.27. The molecular weight excluding hydrogens is 262 g/mol. The number of hydrogen-bond acceptors (Lipinski definition) is 4. The van der Waals surface area contributed by atoms with E-state index in [-0.39, 0.29) is 5.38 Å². The normalized spacial score (nSPS) is 23.1. The van der Waals surface area contributed by atoms with Crippen LogP contribution in [0.2, 0.25) is 0 Å². The second-order valence-electron chi connectivity index (χ2n) is 5.03. The summed E-state index contributed by atoms with van der Waals surface area (Å²) in [4.78, 5) is 8.42. The molecule has 19 heavy (non-hydrogen) atoms. The molecule has 5 heteroatoms. The Kier molecular flexibility index (Phi) is 5.25. The van der Waals surface area contributed by atoms with E-state index in [1.165, 1.54) is 19.3 Å². The van der Waals surface area contributed by atoms with Crippen LogP contribution in [0.4, 0.5) is 5.82 Å². The van der Waals surface area contributed by atoms with E-state index in [0.717, 1.165) is 24.3 Å². The van der Waals surface area contributed by atoms with Gasteiger partial charge in [0, 0.05) is 11.9 Å². The Morgan fingerprint density at radius 3 is 2.89 bits per heavy atom. The Bertz CT molecular complexity index is 414. The zero-order valence-electron chi connectivity index (χ0n) is 11.7. The Morgan fingerprint density at radius 1 is 1.37 bits per heavy atom. The molecule has 1 saturated carbocycles. The average molecular weight is 284 g/mol. The minimum atomic E-state index is 0.287. The number of halogens is 1. The third kappa shape index (κ3) is 3.72. The maximum atomic E-state index is 6.37. The molecule has 2 rings (SSSR count). The maximum absolute atomic E-state index is 6.37. The molecule has 0 aliphatic heterocycles. The first-order valence-corrected chi connectivity index (χ1v) is 7.48. The van der Waals surface area contributed by atoms with Crippen LogP contribution in [-0.2, 0) is 0 Å². The highest BCUT2D eigenvalue weighted by atomic mass is 35.5. The van der Waals surface area contributed by atoms with E-state index < -0.39 is 0 Å². The van der Waals surface area contributed by atoms with Crippen LogP contribution in [0.1, 0.15) is 38.2 Å². The highest BCUT2D eigenvalue weighted by molar-refractivity contribution is 6.20. The van der Waals surface area contributed by atoms with E-state index in [0.29, 0.717) is 18.4 Å². The molecule has 0 radical (unpaired) electrons. The highest BCUT2D eigenvalue weighted by Gasteiger charge is 2.23. The molecule has 0 spiro atoms. The highest BCUT2D eigenvalue weighted by Crippen LogP contribution is 2.29. The van der Waals surface area contributed by atoms with E-state index in [9.17, 15) is 0 Å². The molecular formula is C14H22ClN3O. The van der Waals surface area contributed by atoms with Crippen molar-refractivity contribution in [1.29, 1.82) is 0 Å². The number of alkyl halides is 1. The van der Waals surface area contributed by atoms with Gasteiger partial charge in [0.1, 0.15) is 12.1 Å². The van der Waals surface area contributed by atoms with Crippen molar-refractivity contribution in [2.24, 2.45) is 5.92 Å². The molecule has 1 aromatic rings. The first-order valence-electron chi connectivity index (χ1n) is 7.04. The van der Waals surface area contributed by atoms with Crippen molar-refractivity contribution in [2.75, 3.05) is 18.5 Å². The lowest BCUT2D eigenvalue weighted by atomic mass is 9.89. The van der Waals surface area contributed by atoms with Crippen LogP contribution in [0.15, 0.2) is 6.33 Å². The Balaban J connectivity index is 1.97. The van der Waals surface area contributed by atoms with Gasteiger partial charge in [-0.25, -0.2) is 9.97 Å². The van der Waals surface area contributed by atoms with Gasteiger partial charge in [-0.15, -0.1) is 11.6 Å². The van der Waals surface area contributed by atoms with E-state index in [4.69, 9.17) is 16.3 Å². The van der Waals surface area contributed by atoms with Gasteiger partial charge in [-0.1, -0.05) is 12.8 Å². The standard InChI is InChI=1S/C14H22ClN3O/c1-3-19-14-10(2)13(17-9-18-14)16-8-11-6-4-5-7-12(11)15/h9,11-12H,3-8H2,1-2H3,(H,16,17,18). The monoisotopic (exact) mass is 283 g/mol. The summed E-state index contributed by atoms with van der Waals surface area (Å²) in [6.45, 7) is 5.42. The number of anilines is 1. The molecule has 0 saturated heterocycles. The predicted molar refractivity (Wildman–Crippen MR) is 78.0 cm³/mol. The smallest absolute Gasteiger partial charge is 0.221 e. The van der Waals surface area contributed by atoms with Crippen LogP contribution in [-0.4, -0.2) is 28.5 Å². The van der Waals surface area contributed by atoms with E-state index in [2.05, 4.69) is 15.3 Å². The van der Waals surface area contributed by atoms with Crippen LogP contribution in [0.25, 0.3) is 0 Å². The van der Waals surface area contributed by atoms with Crippen LogP contribution in [0.5, 0.6) is 5.88 Å². The molecule has 0 bridgehead atoms. The van der Waals surface area contributed by atoms with E-state index in [1.54, 1.807) is 6.33 Å². The molecule has 2 unspecified atom stereocenters. The van der Waals surface area contributed by atoms with Gasteiger partial charge in [0.15, 0.2) is 0 Å². The fourth-order valence-corrected chi connectivity index (χ4v) is 2.88. The fraction of sp³-hybridized carbons (Fsp3) is 0.714. The quantitative estimate of drug-likeness (QED) is 0.842. The van der Waals surface area contributed by atoms with Crippen LogP contribution < -0.4 is 10.1 Å². The summed E-state index contributed by atoms with van der Waals surface area (Å²) < 4.78 is 5.47. The van der Waals surface area contributed by atoms with Gasteiger partial charge in [0.25, 0.3) is 0 Å². The maximum Gasteiger partial charge on any atom is 0.221 e. The fourth-order valence-electron chi connectivity index (χ4n) is 2.51. The molecule has 0 amide bonds. The number of ether oxygens (including phenoxy) is 1. The lowest BCUT2D eigenvalue weighted by Gasteiger charge is -2.27. The van der Waals surface area contributed by atoms with Gasteiger partial charge >= 0.3 is 0 Å². The van der Waals surface area contributed by atoms with Gasteiger partial charge in [0.05, 0.1) is 12.2 Å². The molecule has 1 fully saturated rings. The molecule has 1 aliphatic rings. The molecule has 1 aromatic heterocycles. The zero-order chi connectivity index (χ0) is 13.7. The van der Waals surface area contributed by atoms with Crippen molar-refractivity contribution < 1.29 is 4.74 Å². The first-order chi connectivity index (χ1) is 9.22. The summed E-state index contributed by atoms with van der Waals surface area (Å²) in [5.74, 6) is 2.04. The summed E-state index contributed by atoms with van der Waals surface area (Å²) in [6.07, 6.45) is 6.40. The van der Waals surface area contributed by atoms with Gasteiger partial charge in [0.2, 0.25) is 5.88 Å². The third-order valence-electron chi connectivity index (χ3n) is 3.67. The van der Waals surface area contributed by atoms with Crippen molar-refractivity contribution >= 4 is 17.4 Å². The summed E-state index contributed by atoms with van der Waals surface area (Å²) in [5.41, 5.74) is 0.964. The largest absolute Gasteiger partial charge is 0.478 e. The predicted octanol–water partition coefficient (Wildman–Crippen LogP) is 3.39. The number of hydrogen-bond donors (Lipinski definition) is 1. The molecule has 2 atom stereocenters. The van der Waals surface area contributed by atoms with Crippen molar-refractivity contribution in [3.05, 3.63) is 11.9 Å². The Hall–Kier alpha value is -1.03. The van der Waals surface area contributed by atoms with E-state index in [1.807, 2.05) is 13.8 Å². The van der Waals surface area contributed by atoms with Gasteiger partial charge in [-0.3, -0.25) is 0 Å². The second kappa shape index (κ2) is 6.94. The third-order valence-corrected chi connectivity index (χ3v) is 4.24. The number of nitrogens with one attached hydrogen (secondary N) is 1. The van der Waals surface area contributed by atoms with Crippen molar-refractivity contribution in [1.82, 2.24) is 9.97 Å². The summed E-state index contributed by atoms with van der Waals surface area (Å²) in [7, 11) is 0. The van der Waals surface area contributed by atoms with Crippen LogP contribution in [0.3, 0.4) is 0 Å². The first kappa shape index (κ1) is 14.4. The minimum Gasteiger partial charge on any atom is -0.478 e. The molecule has 1 aliphatic carbocycles. The lowest BCUT2D eigenvalue weighted by molar-refractivity contribution is 0.323. The molecule has 0 aromatic carbocycles. The van der Waals surface area contributed by atoms with Gasteiger partial charge in [-0.2, -0.15) is 0 Å². The van der Waals surface area contributed by atoms with Gasteiger partial charge in [-0.05, 0) is 32.6 Å². The summed E-state index contributed by atoms with van der Waals surface area (Å²) in [5, 5.41) is 3.68. The number of nitrogens with zero attached hydrogens (tertiary/aromatic N) is 2.